The van der Waals surface area contributed by atoms with Gasteiger partial charge in [0.25, 0.3) is 5.69 Å². The van der Waals surface area contributed by atoms with Crippen LogP contribution in [0.1, 0.15) is 5.56 Å². The molecule has 0 amide bonds. The number of nitro benzene ring substituents is 1. The average molecular weight is 377 g/mol. The van der Waals surface area contributed by atoms with Crippen molar-refractivity contribution in [3.63, 3.8) is 0 Å². The smallest absolute Gasteiger partial charge is 0.288 e. The number of hydrogen-bond acceptors (Lipinski definition) is 4. The molecule has 7 heteroatoms. The van der Waals surface area contributed by atoms with Crippen LogP contribution in [0, 0.1) is 10.1 Å². The van der Waals surface area contributed by atoms with E-state index >= 15 is 0 Å². The Kier molecular flexibility index (Phi) is 4.40. The Hall–Kier alpha value is -3.51. The Bertz CT molecular complexity index is 1170. The highest BCUT2D eigenvalue weighted by molar-refractivity contribution is 6.32. The number of nitrogens with zero attached hydrogens (tertiary/aromatic N) is 3. The van der Waals surface area contributed by atoms with Gasteiger partial charge in [-0.25, -0.2) is 4.98 Å². The third-order valence-corrected chi connectivity index (χ3v) is 4.36. The fourth-order valence-electron chi connectivity index (χ4n) is 2.71. The van der Waals surface area contributed by atoms with Crippen LogP contribution in [0.15, 0.2) is 71.7 Å². The summed E-state index contributed by atoms with van der Waals surface area (Å²) in [6.07, 6.45) is 1.57. The highest BCUT2D eigenvalue weighted by Crippen LogP contribution is 2.26. The minimum absolute atomic E-state index is 0.101. The zero-order chi connectivity index (χ0) is 18.8. The van der Waals surface area contributed by atoms with Gasteiger partial charge in [-0.15, -0.1) is 0 Å². The van der Waals surface area contributed by atoms with Crippen LogP contribution < -0.4 is 0 Å². The van der Waals surface area contributed by atoms with Gasteiger partial charge in [0.2, 0.25) is 0 Å². The van der Waals surface area contributed by atoms with Crippen molar-refractivity contribution in [2.45, 2.75) is 0 Å². The molecule has 0 aliphatic carbocycles. The van der Waals surface area contributed by atoms with Gasteiger partial charge in [-0.05, 0) is 29.8 Å². The number of fused-ring (bicyclic) bond motifs is 1. The van der Waals surface area contributed by atoms with Crippen LogP contribution in [-0.4, -0.2) is 21.1 Å². The number of hydrogen-bond donors (Lipinski definition) is 1. The van der Waals surface area contributed by atoms with Crippen LogP contribution in [0.25, 0.3) is 22.4 Å². The number of imidazole rings is 1. The number of nitrogens with one attached hydrogen (secondary N) is 1. The van der Waals surface area contributed by atoms with Crippen LogP contribution in [0.2, 0.25) is 5.02 Å². The molecule has 1 heterocycles. The van der Waals surface area contributed by atoms with Gasteiger partial charge >= 0.3 is 0 Å². The SMILES string of the molecule is O=[N+]([O-])c1cc(C=Nc2ccc3nc(-c4ccccc4)[nH]c3c2)ccc1Cl. The van der Waals surface area contributed by atoms with Crippen molar-refractivity contribution in [1.29, 1.82) is 0 Å². The Balaban J connectivity index is 1.64. The van der Waals surface area contributed by atoms with Crippen LogP contribution in [-0.2, 0) is 0 Å². The lowest BCUT2D eigenvalue weighted by Gasteiger charge is -1.97. The van der Waals surface area contributed by atoms with Crippen LogP contribution >= 0.6 is 11.6 Å². The molecule has 132 valence electrons. The van der Waals surface area contributed by atoms with Gasteiger partial charge in [0, 0.05) is 17.8 Å². The number of benzene rings is 3. The molecule has 0 aliphatic rings. The van der Waals surface area contributed by atoms with E-state index in [2.05, 4.69) is 15.0 Å². The predicted octanol–water partition coefficient (Wildman–Crippen LogP) is 5.54. The first-order chi connectivity index (χ1) is 13.1. The van der Waals surface area contributed by atoms with Crippen molar-refractivity contribution in [3.8, 4) is 11.4 Å². The summed E-state index contributed by atoms with van der Waals surface area (Å²) in [6.45, 7) is 0. The molecular weight excluding hydrogens is 364 g/mol. The molecule has 6 nitrogen and oxygen atoms in total. The summed E-state index contributed by atoms with van der Waals surface area (Å²) in [4.78, 5) is 22.7. The second-order valence-corrected chi connectivity index (χ2v) is 6.29. The van der Waals surface area contributed by atoms with E-state index in [0.29, 0.717) is 11.3 Å². The number of rotatable bonds is 4. The van der Waals surface area contributed by atoms with Crippen molar-refractivity contribution >= 4 is 40.2 Å². The van der Waals surface area contributed by atoms with Gasteiger partial charge in [0.05, 0.1) is 21.6 Å². The topological polar surface area (TPSA) is 84.2 Å². The van der Waals surface area contributed by atoms with Gasteiger partial charge in [-0.3, -0.25) is 15.1 Å². The summed E-state index contributed by atoms with van der Waals surface area (Å²) < 4.78 is 0. The molecule has 0 spiro atoms. The van der Waals surface area contributed by atoms with Crippen LogP contribution in [0.4, 0.5) is 11.4 Å². The lowest BCUT2D eigenvalue weighted by Crippen LogP contribution is -1.91. The van der Waals surface area contributed by atoms with E-state index in [1.54, 1.807) is 12.3 Å². The Morgan fingerprint density at radius 3 is 2.67 bits per heavy atom. The number of aromatic amines is 1. The molecule has 3 aromatic carbocycles. The van der Waals surface area contributed by atoms with E-state index in [9.17, 15) is 10.1 Å². The highest BCUT2D eigenvalue weighted by atomic mass is 35.5. The second-order valence-electron chi connectivity index (χ2n) is 5.88. The molecule has 0 aliphatic heterocycles. The maximum atomic E-state index is 11.0. The highest BCUT2D eigenvalue weighted by Gasteiger charge is 2.12. The number of aliphatic imine (C=N–C) groups is 1. The summed E-state index contributed by atoms with van der Waals surface area (Å²) in [5.74, 6) is 0.792. The molecule has 4 rings (SSSR count). The third kappa shape index (κ3) is 3.56. The van der Waals surface area contributed by atoms with E-state index in [1.165, 1.54) is 12.1 Å². The minimum Gasteiger partial charge on any atom is -0.338 e. The van der Waals surface area contributed by atoms with E-state index in [-0.39, 0.29) is 10.7 Å². The monoisotopic (exact) mass is 376 g/mol. The summed E-state index contributed by atoms with van der Waals surface area (Å²) in [6, 6.07) is 20.0. The first kappa shape index (κ1) is 16.9. The summed E-state index contributed by atoms with van der Waals surface area (Å²) >= 11 is 5.83. The first-order valence-electron chi connectivity index (χ1n) is 8.13. The predicted molar refractivity (Wildman–Crippen MR) is 107 cm³/mol. The van der Waals surface area contributed by atoms with Gasteiger partial charge in [-0.1, -0.05) is 48.0 Å². The fraction of sp³-hybridized carbons (Fsp3) is 0. The quantitative estimate of drug-likeness (QED) is 0.288. The summed E-state index contributed by atoms with van der Waals surface area (Å²) in [7, 11) is 0. The molecule has 4 aromatic rings. The van der Waals surface area contributed by atoms with Crippen molar-refractivity contribution < 1.29 is 4.92 Å². The second kappa shape index (κ2) is 7.01. The normalized spacial score (nSPS) is 11.3. The minimum atomic E-state index is -0.512. The first-order valence-corrected chi connectivity index (χ1v) is 8.51. The largest absolute Gasteiger partial charge is 0.338 e. The van der Waals surface area contributed by atoms with E-state index in [1.807, 2.05) is 48.5 Å². The summed E-state index contributed by atoms with van der Waals surface area (Å²) in [5, 5.41) is 11.1. The average Bonchev–Trinajstić information content (AvgIpc) is 3.11. The molecule has 0 saturated heterocycles. The van der Waals surface area contributed by atoms with E-state index in [0.717, 1.165) is 22.4 Å². The molecule has 0 saturated carbocycles. The van der Waals surface area contributed by atoms with Crippen molar-refractivity contribution in [3.05, 3.63) is 87.4 Å². The van der Waals surface area contributed by atoms with Gasteiger partial charge < -0.3 is 4.98 Å². The van der Waals surface area contributed by atoms with Crippen LogP contribution in [0.5, 0.6) is 0 Å². The van der Waals surface area contributed by atoms with Gasteiger partial charge in [-0.2, -0.15) is 0 Å². The van der Waals surface area contributed by atoms with Crippen molar-refractivity contribution in [1.82, 2.24) is 9.97 Å². The molecule has 1 N–H and O–H groups in total. The molecule has 0 unspecified atom stereocenters. The number of H-pyrrole nitrogens is 1. The maximum absolute atomic E-state index is 11.0. The number of aromatic nitrogens is 2. The standard InChI is InChI=1S/C20H13ClN4O2/c21-16-8-6-13(10-19(16)25(26)27)12-22-15-7-9-17-18(11-15)24-20(23-17)14-4-2-1-3-5-14/h1-12H,(H,23,24). The Morgan fingerprint density at radius 1 is 1.07 bits per heavy atom. The molecular formula is C20H13ClN4O2. The molecule has 0 atom stereocenters. The molecule has 1 aromatic heterocycles. The van der Waals surface area contributed by atoms with E-state index < -0.39 is 4.92 Å². The number of nitro groups is 1. The molecule has 0 radical (unpaired) electrons. The molecule has 27 heavy (non-hydrogen) atoms. The van der Waals surface area contributed by atoms with E-state index in [4.69, 9.17) is 11.6 Å². The molecule has 0 bridgehead atoms. The van der Waals surface area contributed by atoms with Crippen LogP contribution in [0.3, 0.4) is 0 Å². The third-order valence-electron chi connectivity index (χ3n) is 4.04. The molecule has 0 fully saturated rings. The number of halogens is 1. The maximum Gasteiger partial charge on any atom is 0.288 e. The lowest BCUT2D eigenvalue weighted by atomic mass is 10.2. The Labute approximate surface area is 159 Å². The lowest BCUT2D eigenvalue weighted by molar-refractivity contribution is -0.384. The zero-order valence-electron chi connectivity index (χ0n) is 14.0. The summed E-state index contributed by atoms with van der Waals surface area (Å²) in [5.41, 5.74) is 3.88. The van der Waals surface area contributed by atoms with Gasteiger partial charge in [0.15, 0.2) is 0 Å². The zero-order valence-corrected chi connectivity index (χ0v) is 14.7. The van der Waals surface area contributed by atoms with Gasteiger partial charge in [0.1, 0.15) is 10.8 Å². The fourth-order valence-corrected chi connectivity index (χ4v) is 2.90. The van der Waals surface area contributed by atoms with Crippen molar-refractivity contribution in [2.75, 3.05) is 0 Å². The Morgan fingerprint density at radius 2 is 1.89 bits per heavy atom. The van der Waals surface area contributed by atoms with Crippen molar-refractivity contribution in [2.24, 2.45) is 4.99 Å².